The normalized spacial score (nSPS) is 11.5. The Morgan fingerprint density at radius 1 is 1.14 bits per heavy atom. The topological polar surface area (TPSA) is 30.2 Å². The molecule has 108 valence electrons. The molecule has 2 heterocycles. The summed E-state index contributed by atoms with van der Waals surface area (Å²) in [5, 5.41) is 4.94. The van der Waals surface area contributed by atoms with Crippen molar-refractivity contribution in [1.29, 1.82) is 0 Å². The van der Waals surface area contributed by atoms with Crippen molar-refractivity contribution in [3.8, 4) is 11.1 Å². The molecule has 0 aliphatic carbocycles. The zero-order valence-electron chi connectivity index (χ0n) is 11.4. The van der Waals surface area contributed by atoms with E-state index in [-0.39, 0.29) is 11.7 Å². The Balaban J connectivity index is 2.32. The molecule has 1 aromatic carbocycles. The molecule has 21 heavy (non-hydrogen) atoms. The highest BCUT2D eigenvalue weighted by Gasteiger charge is 2.20. The van der Waals surface area contributed by atoms with Crippen LogP contribution in [-0.4, -0.2) is 14.6 Å². The van der Waals surface area contributed by atoms with Crippen molar-refractivity contribution < 1.29 is 4.39 Å². The maximum atomic E-state index is 14.0. The van der Waals surface area contributed by atoms with E-state index < -0.39 is 0 Å². The zero-order chi connectivity index (χ0) is 15.1. The molecule has 0 fully saturated rings. The number of hydrogen-bond donors (Lipinski definition) is 0. The van der Waals surface area contributed by atoms with Gasteiger partial charge in [0.15, 0.2) is 5.65 Å². The minimum atomic E-state index is -0.339. The number of rotatable bonds is 2. The number of fused-ring (bicyclic) bond motifs is 1. The highest BCUT2D eigenvalue weighted by Crippen LogP contribution is 2.34. The van der Waals surface area contributed by atoms with Crippen LogP contribution in [0.3, 0.4) is 0 Å². The lowest BCUT2D eigenvalue weighted by Gasteiger charge is -2.11. The van der Waals surface area contributed by atoms with Crippen LogP contribution in [-0.2, 0) is 0 Å². The number of nitrogens with zero attached hydrogens (tertiary/aromatic N) is 3. The first kappa shape index (κ1) is 14.3. The lowest BCUT2D eigenvalue weighted by atomic mass is 10.1. The summed E-state index contributed by atoms with van der Waals surface area (Å²) in [6.45, 7) is 3.95. The van der Waals surface area contributed by atoms with Gasteiger partial charge in [-0.25, -0.2) is 13.9 Å². The lowest BCUT2D eigenvalue weighted by Crippen LogP contribution is -2.02. The number of benzene rings is 1. The van der Waals surface area contributed by atoms with E-state index in [2.05, 4.69) is 10.1 Å². The average Bonchev–Trinajstić information content (AvgIpc) is 2.82. The maximum absolute atomic E-state index is 14.0. The van der Waals surface area contributed by atoms with Crippen molar-refractivity contribution >= 4 is 28.8 Å². The van der Waals surface area contributed by atoms with Gasteiger partial charge in [0.25, 0.3) is 0 Å². The molecule has 0 saturated carbocycles. The Kier molecular flexibility index (Phi) is 3.59. The number of aromatic nitrogens is 3. The van der Waals surface area contributed by atoms with Gasteiger partial charge in [-0.3, -0.25) is 0 Å². The largest absolute Gasteiger partial charge is 0.216 e. The summed E-state index contributed by atoms with van der Waals surface area (Å²) in [6.07, 6.45) is 1.55. The first-order chi connectivity index (χ1) is 10.0. The fourth-order valence-corrected chi connectivity index (χ4v) is 3.16. The molecule has 3 rings (SSSR count). The van der Waals surface area contributed by atoms with Crippen LogP contribution < -0.4 is 0 Å². The van der Waals surface area contributed by atoms with E-state index in [4.69, 9.17) is 23.2 Å². The molecule has 3 nitrogen and oxygen atoms in total. The van der Waals surface area contributed by atoms with Crippen LogP contribution in [0.1, 0.15) is 25.3 Å². The first-order valence-corrected chi connectivity index (χ1v) is 7.23. The predicted octanol–water partition coefficient (Wildman–Crippen LogP) is 4.97. The van der Waals surface area contributed by atoms with Gasteiger partial charge < -0.3 is 0 Å². The average molecular weight is 324 g/mol. The van der Waals surface area contributed by atoms with Gasteiger partial charge in [0.2, 0.25) is 0 Å². The van der Waals surface area contributed by atoms with Gasteiger partial charge in [-0.05, 0) is 12.0 Å². The monoisotopic (exact) mass is 323 g/mol. The van der Waals surface area contributed by atoms with Crippen molar-refractivity contribution in [2.75, 3.05) is 0 Å². The molecule has 0 aliphatic rings. The summed E-state index contributed by atoms with van der Waals surface area (Å²) in [5.41, 5.74) is 2.16. The van der Waals surface area contributed by atoms with E-state index in [0.29, 0.717) is 27.1 Å². The van der Waals surface area contributed by atoms with Gasteiger partial charge >= 0.3 is 0 Å². The minimum Gasteiger partial charge on any atom is -0.216 e. The van der Waals surface area contributed by atoms with Crippen molar-refractivity contribution in [1.82, 2.24) is 14.6 Å². The molecule has 2 aromatic heterocycles. The molecule has 0 N–H and O–H groups in total. The molecular weight excluding hydrogens is 312 g/mol. The molecule has 0 atom stereocenters. The van der Waals surface area contributed by atoms with E-state index >= 15 is 0 Å². The molecular formula is C15H12Cl2FN3. The second-order valence-corrected chi connectivity index (χ2v) is 5.75. The van der Waals surface area contributed by atoms with Crippen molar-refractivity contribution in [2.24, 2.45) is 0 Å². The van der Waals surface area contributed by atoms with Crippen LogP contribution in [0, 0.1) is 5.82 Å². The van der Waals surface area contributed by atoms with E-state index in [9.17, 15) is 4.39 Å². The summed E-state index contributed by atoms with van der Waals surface area (Å²) in [6, 6.07) is 6.46. The van der Waals surface area contributed by atoms with E-state index in [0.717, 1.165) is 5.56 Å². The molecule has 0 amide bonds. The Labute approximate surface area is 131 Å². The second-order valence-electron chi connectivity index (χ2n) is 5.04. The Bertz CT molecular complexity index is 827. The molecule has 0 radical (unpaired) electrons. The van der Waals surface area contributed by atoms with Gasteiger partial charge in [0.1, 0.15) is 16.1 Å². The smallest absolute Gasteiger partial charge is 0.166 e. The summed E-state index contributed by atoms with van der Waals surface area (Å²) in [7, 11) is 0. The Morgan fingerprint density at radius 3 is 2.52 bits per heavy atom. The third-order valence-corrected chi connectivity index (χ3v) is 3.97. The highest BCUT2D eigenvalue weighted by molar-refractivity contribution is 6.35. The maximum Gasteiger partial charge on any atom is 0.166 e. The third kappa shape index (κ3) is 2.28. The quantitative estimate of drug-likeness (QED) is 0.623. The minimum absolute atomic E-state index is 0.114. The molecule has 3 aromatic rings. The van der Waals surface area contributed by atoms with Gasteiger partial charge in [0.05, 0.1) is 6.20 Å². The summed E-state index contributed by atoms with van der Waals surface area (Å²) < 4.78 is 15.4. The third-order valence-electron chi connectivity index (χ3n) is 3.32. The summed E-state index contributed by atoms with van der Waals surface area (Å²) >= 11 is 12.6. The van der Waals surface area contributed by atoms with Gasteiger partial charge in [0, 0.05) is 16.7 Å². The summed E-state index contributed by atoms with van der Waals surface area (Å²) in [5.74, 6) is -0.225. The van der Waals surface area contributed by atoms with Crippen LogP contribution in [0.15, 0.2) is 30.5 Å². The molecule has 0 bridgehead atoms. The van der Waals surface area contributed by atoms with E-state index in [1.54, 1.807) is 24.4 Å². The molecule has 0 aliphatic heterocycles. The summed E-state index contributed by atoms with van der Waals surface area (Å²) in [4.78, 5) is 4.35. The van der Waals surface area contributed by atoms with Gasteiger partial charge in [-0.1, -0.05) is 55.2 Å². The van der Waals surface area contributed by atoms with Crippen LogP contribution in [0.2, 0.25) is 10.3 Å². The molecule has 0 spiro atoms. The fourth-order valence-electron chi connectivity index (χ4n) is 2.29. The second kappa shape index (κ2) is 5.28. The Hall–Kier alpha value is -1.65. The first-order valence-electron chi connectivity index (χ1n) is 6.48. The van der Waals surface area contributed by atoms with Crippen molar-refractivity contribution in [3.05, 3.63) is 52.1 Å². The van der Waals surface area contributed by atoms with Crippen molar-refractivity contribution in [2.45, 2.75) is 19.8 Å². The van der Waals surface area contributed by atoms with Crippen LogP contribution in [0.4, 0.5) is 4.39 Å². The molecule has 0 unspecified atom stereocenters. The zero-order valence-corrected chi connectivity index (χ0v) is 13.0. The highest BCUT2D eigenvalue weighted by atomic mass is 35.5. The van der Waals surface area contributed by atoms with Crippen LogP contribution in [0.25, 0.3) is 16.8 Å². The molecule has 0 saturated heterocycles. The standard InChI is InChI=1S/C15H12Cl2FN3/c1-8(2)12-13(16)20-15-10(7-19-21(15)14(12)17)9-5-3-4-6-11(9)18/h3-8H,1-2H3. The lowest BCUT2D eigenvalue weighted by molar-refractivity contribution is 0.631. The van der Waals surface area contributed by atoms with Gasteiger partial charge in [-0.15, -0.1) is 0 Å². The molecule has 6 heteroatoms. The van der Waals surface area contributed by atoms with Gasteiger partial charge in [-0.2, -0.15) is 5.10 Å². The predicted molar refractivity (Wildman–Crippen MR) is 82.5 cm³/mol. The van der Waals surface area contributed by atoms with Crippen LogP contribution in [0.5, 0.6) is 0 Å². The van der Waals surface area contributed by atoms with Crippen LogP contribution >= 0.6 is 23.2 Å². The number of halogens is 3. The fraction of sp³-hybridized carbons (Fsp3) is 0.200. The number of hydrogen-bond acceptors (Lipinski definition) is 2. The van der Waals surface area contributed by atoms with E-state index in [1.807, 2.05) is 13.8 Å². The van der Waals surface area contributed by atoms with Crippen molar-refractivity contribution in [3.63, 3.8) is 0 Å². The van der Waals surface area contributed by atoms with E-state index in [1.165, 1.54) is 10.6 Å². The SMILES string of the molecule is CC(C)c1c(Cl)nc2c(-c3ccccc3F)cnn2c1Cl. The Morgan fingerprint density at radius 2 is 1.86 bits per heavy atom.